The zero-order chi connectivity index (χ0) is 11.0. The van der Waals surface area contributed by atoms with Gasteiger partial charge in [0.25, 0.3) is 0 Å². The van der Waals surface area contributed by atoms with Crippen molar-refractivity contribution in [1.29, 1.82) is 0 Å². The Bertz CT molecular complexity index is 361. The molecule has 1 fully saturated rings. The smallest absolute Gasteiger partial charge is 0.105 e. The molecule has 1 aliphatic rings. The lowest BCUT2D eigenvalue weighted by Gasteiger charge is -2.18. The number of aryl methyl sites for hydroxylation is 1. The summed E-state index contributed by atoms with van der Waals surface area (Å²) < 4.78 is 0. The lowest BCUT2D eigenvalue weighted by Crippen LogP contribution is -2.20. The number of aliphatic hydroxyl groups is 2. The lowest BCUT2D eigenvalue weighted by molar-refractivity contribution is 0.00485. The van der Waals surface area contributed by atoms with Gasteiger partial charge in [-0.05, 0) is 42.9 Å². The van der Waals surface area contributed by atoms with E-state index in [0.717, 1.165) is 18.4 Å². The Morgan fingerprint density at radius 1 is 1.33 bits per heavy atom. The molecule has 2 nitrogen and oxygen atoms in total. The zero-order valence-electron chi connectivity index (χ0n) is 8.65. The van der Waals surface area contributed by atoms with Gasteiger partial charge in [-0.2, -0.15) is 0 Å². The second-order valence-electron chi connectivity index (χ2n) is 4.28. The van der Waals surface area contributed by atoms with Crippen LogP contribution in [0.1, 0.15) is 30.1 Å². The fraction of sp³-hybridized carbons (Fsp3) is 0.500. The average Bonchev–Trinajstić information content (AvgIpc) is 3.03. The van der Waals surface area contributed by atoms with Gasteiger partial charge < -0.3 is 10.2 Å². The van der Waals surface area contributed by atoms with Gasteiger partial charge in [0.05, 0.1) is 6.10 Å². The van der Waals surface area contributed by atoms with Gasteiger partial charge in [0.15, 0.2) is 0 Å². The van der Waals surface area contributed by atoms with E-state index in [2.05, 4.69) is 0 Å². The first-order chi connectivity index (χ1) is 7.09. The van der Waals surface area contributed by atoms with Gasteiger partial charge in [-0.3, -0.25) is 0 Å². The van der Waals surface area contributed by atoms with Crippen LogP contribution in [0.2, 0.25) is 5.02 Å². The molecule has 1 aromatic carbocycles. The SMILES string of the molecule is Cc1ccc(C(O)C(O)C2CC2)cc1Cl. The zero-order valence-corrected chi connectivity index (χ0v) is 9.41. The summed E-state index contributed by atoms with van der Waals surface area (Å²) in [5.74, 6) is 0.264. The summed E-state index contributed by atoms with van der Waals surface area (Å²) in [4.78, 5) is 0. The number of hydrogen-bond acceptors (Lipinski definition) is 2. The van der Waals surface area contributed by atoms with Gasteiger partial charge in [0, 0.05) is 5.02 Å². The van der Waals surface area contributed by atoms with E-state index in [-0.39, 0.29) is 5.92 Å². The Hall–Kier alpha value is -0.570. The molecule has 0 aromatic heterocycles. The van der Waals surface area contributed by atoms with E-state index in [1.165, 1.54) is 0 Å². The lowest BCUT2D eigenvalue weighted by atomic mass is 10.0. The quantitative estimate of drug-likeness (QED) is 0.831. The third-order valence-electron chi connectivity index (χ3n) is 2.97. The molecule has 2 atom stereocenters. The minimum atomic E-state index is -0.810. The summed E-state index contributed by atoms with van der Waals surface area (Å²) in [5, 5.41) is 20.3. The fourth-order valence-corrected chi connectivity index (χ4v) is 1.87. The maximum Gasteiger partial charge on any atom is 0.105 e. The van der Waals surface area contributed by atoms with E-state index < -0.39 is 12.2 Å². The minimum Gasteiger partial charge on any atom is -0.390 e. The van der Waals surface area contributed by atoms with Crippen LogP contribution in [-0.2, 0) is 0 Å². The first-order valence-electron chi connectivity index (χ1n) is 5.22. The van der Waals surface area contributed by atoms with Crippen molar-refractivity contribution < 1.29 is 10.2 Å². The van der Waals surface area contributed by atoms with Gasteiger partial charge in [0.2, 0.25) is 0 Å². The molecule has 1 aromatic rings. The molecule has 1 saturated carbocycles. The molecule has 2 rings (SSSR count). The Morgan fingerprint density at radius 2 is 2.00 bits per heavy atom. The summed E-state index contributed by atoms with van der Waals surface area (Å²) >= 11 is 5.97. The molecular formula is C12H15ClO2. The van der Waals surface area contributed by atoms with Crippen LogP contribution in [0.3, 0.4) is 0 Å². The Labute approximate surface area is 94.5 Å². The number of aliphatic hydroxyl groups excluding tert-OH is 2. The highest BCUT2D eigenvalue weighted by Crippen LogP contribution is 2.38. The standard InChI is InChI=1S/C12H15ClO2/c1-7-2-3-9(6-10(7)13)12(15)11(14)8-4-5-8/h2-3,6,8,11-12,14-15H,4-5H2,1H3. The van der Waals surface area contributed by atoms with Crippen molar-refractivity contribution in [2.75, 3.05) is 0 Å². The molecule has 15 heavy (non-hydrogen) atoms. The van der Waals surface area contributed by atoms with Gasteiger partial charge in [-0.25, -0.2) is 0 Å². The van der Waals surface area contributed by atoms with Crippen LogP contribution in [0.5, 0.6) is 0 Å². The molecule has 3 heteroatoms. The van der Waals surface area contributed by atoms with Crippen LogP contribution in [-0.4, -0.2) is 16.3 Å². The predicted molar refractivity (Wildman–Crippen MR) is 59.9 cm³/mol. The molecule has 0 aliphatic heterocycles. The van der Waals surface area contributed by atoms with E-state index in [1.54, 1.807) is 6.07 Å². The summed E-state index contributed by atoms with van der Waals surface area (Å²) in [6, 6.07) is 5.41. The van der Waals surface area contributed by atoms with Crippen molar-refractivity contribution in [2.24, 2.45) is 5.92 Å². The normalized spacial score (nSPS) is 20.0. The second kappa shape index (κ2) is 4.12. The maximum absolute atomic E-state index is 9.91. The molecule has 0 spiro atoms. The van der Waals surface area contributed by atoms with E-state index in [9.17, 15) is 10.2 Å². The van der Waals surface area contributed by atoms with Crippen LogP contribution in [0.25, 0.3) is 0 Å². The van der Waals surface area contributed by atoms with Crippen molar-refractivity contribution in [1.82, 2.24) is 0 Å². The Morgan fingerprint density at radius 3 is 2.53 bits per heavy atom. The number of hydrogen-bond donors (Lipinski definition) is 2. The highest BCUT2D eigenvalue weighted by molar-refractivity contribution is 6.31. The largest absolute Gasteiger partial charge is 0.390 e. The Kier molecular flexibility index (Phi) is 3.01. The second-order valence-corrected chi connectivity index (χ2v) is 4.69. The summed E-state index contributed by atoms with van der Waals surface area (Å²) in [7, 11) is 0. The number of halogens is 1. The molecule has 0 amide bonds. The van der Waals surface area contributed by atoms with Gasteiger partial charge >= 0.3 is 0 Å². The van der Waals surface area contributed by atoms with Gasteiger partial charge in [-0.15, -0.1) is 0 Å². The van der Waals surface area contributed by atoms with Crippen molar-refractivity contribution >= 4 is 11.6 Å². The topological polar surface area (TPSA) is 40.5 Å². The molecule has 0 saturated heterocycles. The van der Waals surface area contributed by atoms with Crippen molar-refractivity contribution in [3.8, 4) is 0 Å². The summed E-state index contributed by atoms with van der Waals surface area (Å²) in [6.45, 7) is 1.91. The molecule has 0 bridgehead atoms. The third-order valence-corrected chi connectivity index (χ3v) is 3.37. The van der Waals surface area contributed by atoms with Crippen LogP contribution < -0.4 is 0 Å². The molecule has 2 unspecified atom stereocenters. The first kappa shape index (κ1) is 10.9. The molecule has 0 heterocycles. The first-order valence-corrected chi connectivity index (χ1v) is 5.59. The summed E-state index contributed by atoms with van der Waals surface area (Å²) in [5.41, 5.74) is 1.68. The van der Waals surface area contributed by atoms with Crippen molar-refractivity contribution in [3.05, 3.63) is 34.3 Å². The third kappa shape index (κ3) is 2.33. The monoisotopic (exact) mass is 226 g/mol. The van der Waals surface area contributed by atoms with Crippen molar-refractivity contribution in [3.63, 3.8) is 0 Å². The van der Waals surface area contributed by atoms with Gasteiger partial charge in [-0.1, -0.05) is 23.7 Å². The van der Waals surface area contributed by atoms with Crippen LogP contribution in [0, 0.1) is 12.8 Å². The summed E-state index contributed by atoms with van der Waals surface area (Å²) in [6.07, 6.45) is 0.565. The fourth-order valence-electron chi connectivity index (χ4n) is 1.69. The molecular weight excluding hydrogens is 212 g/mol. The average molecular weight is 227 g/mol. The van der Waals surface area contributed by atoms with Gasteiger partial charge in [0.1, 0.15) is 6.10 Å². The maximum atomic E-state index is 9.91. The number of benzene rings is 1. The van der Waals surface area contributed by atoms with Crippen LogP contribution in [0.15, 0.2) is 18.2 Å². The van der Waals surface area contributed by atoms with E-state index in [0.29, 0.717) is 10.6 Å². The van der Waals surface area contributed by atoms with E-state index >= 15 is 0 Å². The minimum absolute atomic E-state index is 0.264. The van der Waals surface area contributed by atoms with E-state index in [1.807, 2.05) is 19.1 Å². The van der Waals surface area contributed by atoms with E-state index in [4.69, 9.17) is 11.6 Å². The van der Waals surface area contributed by atoms with Crippen LogP contribution in [0.4, 0.5) is 0 Å². The molecule has 1 aliphatic carbocycles. The number of rotatable bonds is 3. The molecule has 82 valence electrons. The predicted octanol–water partition coefficient (Wildman–Crippen LogP) is 2.45. The molecule has 0 radical (unpaired) electrons. The van der Waals surface area contributed by atoms with Crippen molar-refractivity contribution in [2.45, 2.75) is 32.0 Å². The Balaban J connectivity index is 2.17. The molecule has 2 N–H and O–H groups in total. The highest BCUT2D eigenvalue weighted by atomic mass is 35.5. The highest BCUT2D eigenvalue weighted by Gasteiger charge is 2.35. The van der Waals surface area contributed by atoms with Crippen LogP contribution >= 0.6 is 11.6 Å².